The van der Waals surface area contributed by atoms with Crippen LogP contribution >= 0.6 is 27.5 Å². The lowest BCUT2D eigenvalue weighted by molar-refractivity contribution is -0.118. The van der Waals surface area contributed by atoms with Crippen LogP contribution in [0, 0.1) is 11.6 Å². The summed E-state index contributed by atoms with van der Waals surface area (Å²) in [6.07, 6.45) is 0. The molecule has 0 bridgehead atoms. The van der Waals surface area contributed by atoms with E-state index in [2.05, 4.69) is 21.2 Å². The average Bonchev–Trinajstić information content (AvgIpc) is 2.42. The molecule has 0 heterocycles. The van der Waals surface area contributed by atoms with Crippen LogP contribution in [0.3, 0.4) is 0 Å². The lowest BCUT2D eigenvalue weighted by Crippen LogP contribution is -2.20. The van der Waals surface area contributed by atoms with E-state index < -0.39 is 17.5 Å². The second-order valence-electron chi connectivity index (χ2n) is 4.04. The number of amides is 1. The molecule has 2 aromatic rings. The van der Waals surface area contributed by atoms with Gasteiger partial charge in [-0.05, 0) is 52.3 Å². The molecule has 1 amide bonds. The van der Waals surface area contributed by atoms with Gasteiger partial charge in [0.15, 0.2) is 6.61 Å². The Bertz CT molecular complexity index is 682. The molecule has 2 aromatic carbocycles. The molecule has 0 fully saturated rings. The zero-order valence-corrected chi connectivity index (χ0v) is 12.8. The molecule has 0 aliphatic rings. The van der Waals surface area contributed by atoms with Crippen molar-refractivity contribution in [3.05, 3.63) is 57.5 Å². The minimum absolute atomic E-state index is 0.0331. The van der Waals surface area contributed by atoms with E-state index in [0.29, 0.717) is 15.2 Å². The van der Waals surface area contributed by atoms with E-state index in [1.807, 2.05) is 0 Å². The van der Waals surface area contributed by atoms with Crippen LogP contribution < -0.4 is 10.1 Å². The van der Waals surface area contributed by atoms with Gasteiger partial charge in [-0.1, -0.05) is 11.6 Å². The smallest absolute Gasteiger partial charge is 0.262 e. The summed E-state index contributed by atoms with van der Waals surface area (Å²) in [5.74, 6) is -1.29. The molecule has 1 N–H and O–H groups in total. The van der Waals surface area contributed by atoms with Crippen molar-refractivity contribution in [3.8, 4) is 5.75 Å². The second kappa shape index (κ2) is 6.87. The van der Waals surface area contributed by atoms with Gasteiger partial charge in [0.2, 0.25) is 0 Å². The summed E-state index contributed by atoms with van der Waals surface area (Å²) in [5, 5.41) is 2.64. The highest BCUT2D eigenvalue weighted by Gasteiger charge is 2.10. The minimum Gasteiger partial charge on any atom is -0.483 e. The van der Waals surface area contributed by atoms with Gasteiger partial charge >= 0.3 is 0 Å². The zero-order valence-electron chi connectivity index (χ0n) is 10.5. The maximum atomic E-state index is 13.4. The molecule has 2 rings (SSSR count). The first-order valence-corrected chi connectivity index (χ1v) is 6.95. The zero-order chi connectivity index (χ0) is 15.4. The van der Waals surface area contributed by atoms with E-state index in [1.54, 1.807) is 0 Å². The Labute approximate surface area is 133 Å². The first-order valence-electron chi connectivity index (χ1n) is 5.78. The third-order valence-electron chi connectivity index (χ3n) is 2.46. The summed E-state index contributed by atoms with van der Waals surface area (Å²) in [5.41, 5.74) is -0.0331. The highest BCUT2D eigenvalue weighted by atomic mass is 79.9. The summed E-state index contributed by atoms with van der Waals surface area (Å²) in [7, 11) is 0. The monoisotopic (exact) mass is 375 g/mol. The summed E-state index contributed by atoms with van der Waals surface area (Å²) in [6.45, 7) is -0.351. The Morgan fingerprint density at radius 1 is 1.24 bits per heavy atom. The number of rotatable bonds is 4. The number of hydrogen-bond donors (Lipinski definition) is 1. The molecule has 7 heteroatoms. The highest BCUT2D eigenvalue weighted by Crippen LogP contribution is 2.25. The van der Waals surface area contributed by atoms with Crippen molar-refractivity contribution in [2.75, 3.05) is 11.9 Å². The van der Waals surface area contributed by atoms with Gasteiger partial charge in [-0.15, -0.1) is 0 Å². The predicted octanol–water partition coefficient (Wildman–Crippen LogP) is 4.40. The van der Waals surface area contributed by atoms with Crippen LogP contribution in [-0.2, 0) is 4.79 Å². The average molecular weight is 377 g/mol. The van der Waals surface area contributed by atoms with E-state index in [0.717, 1.165) is 6.07 Å². The van der Waals surface area contributed by atoms with Crippen LogP contribution in [0.1, 0.15) is 0 Å². The molecule has 21 heavy (non-hydrogen) atoms. The summed E-state index contributed by atoms with van der Waals surface area (Å²) in [4.78, 5) is 11.7. The quantitative estimate of drug-likeness (QED) is 0.859. The molecule has 0 aliphatic carbocycles. The molecule has 0 aliphatic heterocycles. The number of ether oxygens (including phenoxy) is 1. The van der Waals surface area contributed by atoms with Crippen LogP contribution in [-0.4, -0.2) is 12.5 Å². The van der Waals surface area contributed by atoms with Gasteiger partial charge in [0.1, 0.15) is 17.4 Å². The van der Waals surface area contributed by atoms with Crippen molar-refractivity contribution in [1.29, 1.82) is 0 Å². The number of carbonyl (C=O) groups is 1. The van der Waals surface area contributed by atoms with E-state index >= 15 is 0 Å². The molecule has 0 spiro atoms. The van der Waals surface area contributed by atoms with Crippen molar-refractivity contribution in [2.24, 2.45) is 0 Å². The Morgan fingerprint density at radius 3 is 2.71 bits per heavy atom. The molecule has 110 valence electrons. The number of anilines is 1. The Morgan fingerprint density at radius 2 is 2.00 bits per heavy atom. The molecule has 0 saturated carbocycles. The predicted molar refractivity (Wildman–Crippen MR) is 79.6 cm³/mol. The van der Waals surface area contributed by atoms with Crippen molar-refractivity contribution < 1.29 is 18.3 Å². The van der Waals surface area contributed by atoms with Gasteiger partial charge in [-0.2, -0.15) is 0 Å². The number of hydrogen-bond acceptors (Lipinski definition) is 2. The van der Waals surface area contributed by atoms with Gasteiger partial charge in [0.25, 0.3) is 5.91 Å². The van der Waals surface area contributed by atoms with Gasteiger partial charge in [0, 0.05) is 5.02 Å². The number of benzene rings is 2. The Balaban J connectivity index is 1.97. The first kappa shape index (κ1) is 15.7. The third kappa shape index (κ3) is 4.41. The topological polar surface area (TPSA) is 38.3 Å². The molecule has 0 unspecified atom stereocenters. The molecule has 0 atom stereocenters. The Kier molecular flexibility index (Phi) is 5.14. The maximum Gasteiger partial charge on any atom is 0.262 e. The molecule has 3 nitrogen and oxygen atoms in total. The van der Waals surface area contributed by atoms with Gasteiger partial charge in [0.05, 0.1) is 10.2 Å². The summed E-state index contributed by atoms with van der Waals surface area (Å²) < 4.78 is 31.9. The third-order valence-corrected chi connectivity index (χ3v) is 3.31. The fraction of sp³-hybridized carbons (Fsp3) is 0.0714. The van der Waals surface area contributed by atoms with Crippen LogP contribution in [0.5, 0.6) is 5.75 Å². The van der Waals surface area contributed by atoms with Crippen LogP contribution in [0.15, 0.2) is 40.9 Å². The largest absolute Gasteiger partial charge is 0.483 e. The van der Waals surface area contributed by atoms with E-state index in [1.165, 1.54) is 30.3 Å². The molecular formula is C14H9BrClF2NO2. The van der Waals surface area contributed by atoms with Crippen LogP contribution in [0.25, 0.3) is 0 Å². The fourth-order valence-electron chi connectivity index (χ4n) is 1.52. The first-order chi connectivity index (χ1) is 9.95. The fourth-order valence-corrected chi connectivity index (χ4v) is 2.15. The SMILES string of the molecule is O=C(COc1ccc(F)cc1Br)Nc1cc(Cl)ccc1F. The summed E-state index contributed by atoms with van der Waals surface area (Å²) >= 11 is 8.83. The van der Waals surface area contributed by atoms with E-state index in [4.69, 9.17) is 16.3 Å². The van der Waals surface area contributed by atoms with Crippen LogP contribution in [0.2, 0.25) is 5.02 Å². The van der Waals surface area contributed by atoms with Crippen molar-refractivity contribution in [1.82, 2.24) is 0 Å². The molecule has 0 saturated heterocycles. The van der Waals surface area contributed by atoms with Crippen molar-refractivity contribution in [2.45, 2.75) is 0 Å². The van der Waals surface area contributed by atoms with E-state index in [9.17, 15) is 13.6 Å². The van der Waals surface area contributed by atoms with Gasteiger partial charge in [-0.25, -0.2) is 8.78 Å². The number of carbonyl (C=O) groups excluding carboxylic acids is 1. The van der Waals surface area contributed by atoms with E-state index in [-0.39, 0.29) is 12.3 Å². The highest BCUT2D eigenvalue weighted by molar-refractivity contribution is 9.10. The molecule has 0 radical (unpaired) electrons. The number of nitrogens with one attached hydrogen (secondary N) is 1. The molecule has 0 aromatic heterocycles. The molecular weight excluding hydrogens is 368 g/mol. The standard InChI is InChI=1S/C14H9BrClF2NO2/c15-10-6-9(17)2-4-13(10)21-7-14(20)19-12-5-8(16)1-3-11(12)18/h1-6H,7H2,(H,19,20). The second-order valence-corrected chi connectivity index (χ2v) is 5.33. The van der Waals surface area contributed by atoms with Crippen LogP contribution in [0.4, 0.5) is 14.5 Å². The van der Waals surface area contributed by atoms with Gasteiger partial charge < -0.3 is 10.1 Å². The lowest BCUT2D eigenvalue weighted by Gasteiger charge is -2.09. The Hall–Kier alpha value is -1.66. The maximum absolute atomic E-state index is 13.4. The normalized spacial score (nSPS) is 10.3. The lowest BCUT2D eigenvalue weighted by atomic mass is 10.3. The number of halogens is 4. The minimum atomic E-state index is -0.601. The van der Waals surface area contributed by atoms with Gasteiger partial charge in [-0.3, -0.25) is 4.79 Å². The summed E-state index contributed by atoms with van der Waals surface area (Å²) in [6, 6.07) is 7.61. The van der Waals surface area contributed by atoms with Crippen molar-refractivity contribution in [3.63, 3.8) is 0 Å². The van der Waals surface area contributed by atoms with Crippen molar-refractivity contribution >= 4 is 39.1 Å².